The van der Waals surface area contributed by atoms with Crippen LogP contribution in [0.2, 0.25) is 0 Å². The van der Waals surface area contributed by atoms with Crippen LogP contribution in [0.15, 0.2) is 59.8 Å². The highest BCUT2D eigenvalue weighted by atomic mass is 16.5. The average Bonchev–Trinajstić information content (AvgIpc) is 3.16. The maximum atomic E-state index is 13.2. The molecule has 0 spiro atoms. The molecule has 38 heavy (non-hydrogen) atoms. The van der Waals surface area contributed by atoms with Crippen molar-refractivity contribution in [3.63, 3.8) is 0 Å². The van der Waals surface area contributed by atoms with Gasteiger partial charge in [-0.05, 0) is 78.3 Å². The molecule has 0 unspecified atom stereocenters. The van der Waals surface area contributed by atoms with E-state index in [4.69, 9.17) is 4.74 Å². The van der Waals surface area contributed by atoms with Crippen molar-refractivity contribution in [2.75, 3.05) is 26.9 Å². The van der Waals surface area contributed by atoms with Crippen LogP contribution in [-0.2, 0) is 14.3 Å². The van der Waals surface area contributed by atoms with Gasteiger partial charge in [0.1, 0.15) is 5.75 Å². The number of carbonyl (C=O) groups is 2. The average molecular weight is 521 g/mol. The minimum atomic E-state index is -0.937. The molecule has 0 bridgehead atoms. The van der Waals surface area contributed by atoms with Gasteiger partial charge in [0.25, 0.3) is 0 Å². The number of fused-ring (bicyclic) bond motifs is 1. The minimum absolute atomic E-state index is 0.178. The number of ether oxygens (including phenoxy) is 1. The second kappa shape index (κ2) is 12.5. The Hall–Kier alpha value is -3.33. The number of allylic oxidation sites excluding steroid dienone is 1. The number of aromatic hydroxyl groups is 1. The summed E-state index contributed by atoms with van der Waals surface area (Å²) in [6.07, 6.45) is 4.56. The fourth-order valence-corrected chi connectivity index (χ4v) is 5.82. The fraction of sp³-hybridized carbons (Fsp3) is 0.433. The van der Waals surface area contributed by atoms with E-state index in [1.807, 2.05) is 43.3 Å². The highest BCUT2D eigenvalue weighted by Gasteiger charge is 2.54. The lowest BCUT2D eigenvalue weighted by molar-refractivity contribution is -0.140. The number of hydrogen-bond acceptors (Lipinski definition) is 7. The van der Waals surface area contributed by atoms with E-state index in [-0.39, 0.29) is 30.8 Å². The molecule has 1 aliphatic heterocycles. The molecule has 1 aromatic heterocycles. The van der Waals surface area contributed by atoms with Crippen LogP contribution < -0.4 is 0 Å². The summed E-state index contributed by atoms with van der Waals surface area (Å²) in [5.41, 5.74) is 3.95. The summed E-state index contributed by atoms with van der Waals surface area (Å²) >= 11 is 0. The van der Waals surface area contributed by atoms with Crippen LogP contribution >= 0.6 is 0 Å². The summed E-state index contributed by atoms with van der Waals surface area (Å²) in [5.74, 6) is -2.14. The van der Waals surface area contributed by atoms with Crippen molar-refractivity contribution in [2.24, 2.45) is 17.8 Å². The molecular formula is C30H36N2O6. The Bertz CT molecular complexity index is 1190. The summed E-state index contributed by atoms with van der Waals surface area (Å²) < 4.78 is 5.42. The molecule has 3 N–H and O–H groups in total. The molecule has 8 heteroatoms. The lowest BCUT2D eigenvalue weighted by atomic mass is 9.68. The summed E-state index contributed by atoms with van der Waals surface area (Å²) in [6, 6.07) is 12.5. The molecule has 1 fully saturated rings. The molecule has 4 rings (SSSR count). The van der Waals surface area contributed by atoms with Crippen molar-refractivity contribution < 1.29 is 29.6 Å². The quantitative estimate of drug-likeness (QED) is 0.307. The van der Waals surface area contributed by atoms with Crippen LogP contribution in [0.25, 0.3) is 11.6 Å². The first-order valence-electron chi connectivity index (χ1n) is 13.1. The van der Waals surface area contributed by atoms with Gasteiger partial charge < -0.3 is 20.1 Å². The Morgan fingerprint density at radius 2 is 1.95 bits per heavy atom. The summed E-state index contributed by atoms with van der Waals surface area (Å²) in [7, 11) is 1.56. The first kappa shape index (κ1) is 27.7. The molecule has 2 heterocycles. The monoisotopic (exact) mass is 520 g/mol. The number of aliphatic hydroxyl groups is 2. The maximum absolute atomic E-state index is 13.2. The first-order valence-corrected chi connectivity index (χ1v) is 13.1. The standard InChI is InChI=1S/C30H36N2O6/c1-3-14-32-29(36)23-16-21(18-38-2)27(24(17-33)28(23)30(32)37)26(35)12-9-20(25-6-4-5-13-31-25)15-19-7-10-22(34)11-8-19/h4-8,10-11,13,15,23-24,26,28,33-35H,3,9,12,14,16-18H2,1-2H3/b20-15-/t23-,24+,26-,28-/m1/s1. The molecule has 1 aromatic carbocycles. The molecule has 0 radical (unpaired) electrons. The predicted octanol–water partition coefficient (Wildman–Crippen LogP) is 3.44. The molecule has 0 saturated carbocycles. The zero-order valence-corrected chi connectivity index (χ0v) is 21.9. The van der Waals surface area contributed by atoms with Crippen molar-refractivity contribution in [1.82, 2.24) is 9.88 Å². The lowest BCUT2D eigenvalue weighted by Crippen LogP contribution is -2.39. The molecule has 8 nitrogen and oxygen atoms in total. The number of benzene rings is 1. The molecule has 1 aliphatic carbocycles. The van der Waals surface area contributed by atoms with E-state index in [2.05, 4.69) is 4.98 Å². The zero-order chi connectivity index (χ0) is 27.2. The largest absolute Gasteiger partial charge is 0.508 e. The van der Waals surface area contributed by atoms with E-state index < -0.39 is 23.9 Å². The van der Waals surface area contributed by atoms with Gasteiger partial charge in [-0.25, -0.2) is 0 Å². The third-order valence-electron chi connectivity index (χ3n) is 7.51. The van der Waals surface area contributed by atoms with Crippen molar-refractivity contribution in [3.8, 4) is 5.75 Å². The van der Waals surface area contributed by atoms with Crippen LogP contribution in [0.1, 0.15) is 43.9 Å². The van der Waals surface area contributed by atoms with Crippen LogP contribution in [0.5, 0.6) is 5.75 Å². The number of likely N-dealkylation sites (tertiary alicyclic amines) is 1. The van der Waals surface area contributed by atoms with E-state index in [9.17, 15) is 24.9 Å². The summed E-state index contributed by atoms with van der Waals surface area (Å²) in [4.78, 5) is 32.1. The number of pyridine rings is 1. The number of aromatic nitrogens is 1. The molecular weight excluding hydrogens is 484 g/mol. The van der Waals surface area contributed by atoms with Gasteiger partial charge in [-0.3, -0.25) is 19.5 Å². The highest BCUT2D eigenvalue weighted by molar-refractivity contribution is 6.05. The third-order valence-corrected chi connectivity index (χ3v) is 7.51. The number of methoxy groups -OCH3 is 1. The fourth-order valence-electron chi connectivity index (χ4n) is 5.82. The molecule has 2 aliphatic rings. The van der Waals surface area contributed by atoms with Crippen LogP contribution in [0, 0.1) is 17.8 Å². The van der Waals surface area contributed by atoms with Gasteiger partial charge in [0.2, 0.25) is 11.8 Å². The van der Waals surface area contributed by atoms with E-state index >= 15 is 0 Å². The second-order valence-electron chi connectivity index (χ2n) is 9.98. The third kappa shape index (κ3) is 5.72. The predicted molar refractivity (Wildman–Crippen MR) is 144 cm³/mol. The summed E-state index contributed by atoms with van der Waals surface area (Å²) in [5, 5.41) is 31.6. The number of nitrogens with zero attached hydrogens (tertiary/aromatic N) is 2. The van der Waals surface area contributed by atoms with Gasteiger partial charge >= 0.3 is 0 Å². The number of aliphatic hydroxyl groups excluding tert-OH is 2. The van der Waals surface area contributed by atoms with E-state index in [1.165, 1.54) is 4.90 Å². The molecule has 202 valence electrons. The smallest absolute Gasteiger partial charge is 0.233 e. The number of phenols is 1. The normalized spacial score (nSPS) is 22.7. The number of imide groups is 1. The number of carbonyl (C=O) groups excluding carboxylic acids is 2. The van der Waals surface area contributed by atoms with Gasteiger partial charge in [0.05, 0.1) is 36.8 Å². The van der Waals surface area contributed by atoms with Crippen LogP contribution in [-0.4, -0.2) is 70.0 Å². The highest BCUT2D eigenvalue weighted by Crippen LogP contribution is 2.46. The Kier molecular flexibility index (Phi) is 9.09. The first-order chi connectivity index (χ1) is 18.4. The van der Waals surface area contributed by atoms with Gasteiger partial charge in [0.15, 0.2) is 0 Å². The van der Waals surface area contributed by atoms with Crippen molar-refractivity contribution in [3.05, 3.63) is 71.1 Å². The SMILES string of the molecule is CCCN1C(=O)[C@@H]2[C@@H](CC(COC)=C([C@H](O)CC/C(=C/c3ccc(O)cc3)c3ccccn3)[C@@H]2CO)C1=O. The lowest BCUT2D eigenvalue weighted by Gasteiger charge is -2.36. The van der Waals surface area contributed by atoms with Gasteiger partial charge in [-0.1, -0.05) is 25.1 Å². The summed E-state index contributed by atoms with van der Waals surface area (Å²) in [6.45, 7) is 2.16. The number of rotatable bonds is 11. The van der Waals surface area contributed by atoms with E-state index in [0.717, 1.165) is 22.4 Å². The van der Waals surface area contributed by atoms with Crippen molar-refractivity contribution in [1.29, 1.82) is 0 Å². The topological polar surface area (TPSA) is 120 Å². The van der Waals surface area contributed by atoms with E-state index in [1.54, 1.807) is 25.4 Å². The van der Waals surface area contributed by atoms with Gasteiger partial charge in [-0.15, -0.1) is 0 Å². The zero-order valence-electron chi connectivity index (χ0n) is 21.9. The van der Waals surface area contributed by atoms with Crippen molar-refractivity contribution in [2.45, 2.75) is 38.7 Å². The molecule has 1 saturated heterocycles. The van der Waals surface area contributed by atoms with Crippen molar-refractivity contribution >= 4 is 23.5 Å². The Labute approximate surface area is 223 Å². The Balaban J connectivity index is 1.63. The maximum Gasteiger partial charge on any atom is 0.233 e. The Morgan fingerprint density at radius 3 is 2.58 bits per heavy atom. The number of hydrogen-bond donors (Lipinski definition) is 3. The van der Waals surface area contributed by atoms with Gasteiger partial charge in [-0.2, -0.15) is 0 Å². The molecule has 2 amide bonds. The molecule has 4 atom stereocenters. The number of phenolic OH excluding ortho intramolecular Hbond substituents is 1. The Morgan fingerprint density at radius 1 is 1.18 bits per heavy atom. The van der Waals surface area contributed by atoms with Crippen LogP contribution in [0.3, 0.4) is 0 Å². The number of amides is 2. The van der Waals surface area contributed by atoms with Gasteiger partial charge in [0, 0.05) is 25.8 Å². The minimum Gasteiger partial charge on any atom is -0.508 e. The van der Waals surface area contributed by atoms with E-state index in [0.29, 0.717) is 37.8 Å². The van der Waals surface area contributed by atoms with Crippen LogP contribution in [0.4, 0.5) is 0 Å². The molecule has 2 aromatic rings. The second-order valence-corrected chi connectivity index (χ2v) is 9.98.